The molecule has 27 heavy (non-hydrogen) atoms. The van der Waals surface area contributed by atoms with Crippen LogP contribution in [0, 0.1) is 10.5 Å². The summed E-state index contributed by atoms with van der Waals surface area (Å²) >= 11 is 5.21. The first-order valence-electron chi connectivity index (χ1n) is 8.15. The normalized spacial score (nSPS) is 11.3. The number of anilines is 1. The quantitative estimate of drug-likeness (QED) is 0.196. The first-order chi connectivity index (χ1) is 13.1. The highest BCUT2D eigenvalue weighted by molar-refractivity contribution is 14.1. The molecule has 1 amide bonds. The van der Waals surface area contributed by atoms with E-state index in [2.05, 4.69) is 38.7 Å². The third kappa shape index (κ3) is 3.95. The van der Waals surface area contributed by atoms with E-state index >= 15 is 0 Å². The van der Waals surface area contributed by atoms with Gasteiger partial charge in [0.05, 0.1) is 22.0 Å². The summed E-state index contributed by atoms with van der Waals surface area (Å²) in [7, 11) is 0. The second kappa shape index (κ2) is 7.87. The van der Waals surface area contributed by atoms with Gasteiger partial charge in [-0.15, -0.1) is 11.3 Å². The molecule has 0 saturated heterocycles. The summed E-state index contributed by atoms with van der Waals surface area (Å²) in [6.07, 6.45) is 1.70. The van der Waals surface area contributed by atoms with Crippen molar-refractivity contribution >= 4 is 72.7 Å². The molecule has 0 unspecified atom stereocenters. The van der Waals surface area contributed by atoms with Crippen LogP contribution in [-0.4, -0.2) is 17.1 Å². The van der Waals surface area contributed by atoms with E-state index in [0.29, 0.717) is 10.7 Å². The Labute approximate surface area is 178 Å². The van der Waals surface area contributed by atoms with Gasteiger partial charge >= 0.3 is 0 Å². The molecular weight excluding hydrogens is 489 g/mol. The third-order valence-corrected chi connectivity index (χ3v) is 6.60. The summed E-state index contributed by atoms with van der Waals surface area (Å²) in [6, 6.07) is 17.5. The molecule has 0 atom stereocenters. The zero-order valence-electron chi connectivity index (χ0n) is 14.3. The molecule has 4 aromatic rings. The molecule has 0 radical (unpaired) electrons. The number of thiazole rings is 1. The lowest BCUT2D eigenvalue weighted by molar-refractivity contribution is 0.0987. The number of halogens is 1. The molecule has 0 bridgehead atoms. The maximum atomic E-state index is 13.2. The summed E-state index contributed by atoms with van der Waals surface area (Å²) in [6.45, 7) is 2.04. The van der Waals surface area contributed by atoms with Crippen molar-refractivity contribution in [2.75, 3.05) is 5.01 Å². The number of nitrogens with zero attached hydrogens (tertiary/aromatic N) is 3. The third-order valence-electron chi connectivity index (χ3n) is 3.85. The van der Waals surface area contributed by atoms with E-state index in [0.717, 1.165) is 24.2 Å². The molecule has 0 aliphatic carbocycles. The van der Waals surface area contributed by atoms with E-state index in [4.69, 9.17) is 0 Å². The Kier molecular flexibility index (Phi) is 5.33. The SMILES string of the molecule is Cc1ccc2nc(N(/N=C/c3cccs3)C(=O)c3ccccc3I)sc2c1. The second-order valence-corrected chi connectivity index (χ2v) is 8.97. The minimum atomic E-state index is -0.191. The highest BCUT2D eigenvalue weighted by Gasteiger charge is 2.22. The highest BCUT2D eigenvalue weighted by Crippen LogP contribution is 2.31. The van der Waals surface area contributed by atoms with Gasteiger partial charge in [-0.05, 0) is 70.8 Å². The molecule has 0 aliphatic rings. The lowest BCUT2D eigenvalue weighted by Crippen LogP contribution is -2.26. The minimum Gasteiger partial charge on any atom is -0.267 e. The Morgan fingerprint density at radius 3 is 2.81 bits per heavy atom. The molecule has 0 saturated carbocycles. The number of aryl methyl sites for hydroxylation is 1. The fraction of sp³-hybridized carbons (Fsp3) is 0.0500. The van der Waals surface area contributed by atoms with Crippen LogP contribution < -0.4 is 5.01 Å². The van der Waals surface area contributed by atoms with Crippen molar-refractivity contribution in [1.29, 1.82) is 0 Å². The number of hydrogen-bond acceptors (Lipinski definition) is 5. The number of amides is 1. The summed E-state index contributed by atoms with van der Waals surface area (Å²) in [5.41, 5.74) is 2.64. The number of carbonyl (C=O) groups excluding carboxylic acids is 1. The maximum Gasteiger partial charge on any atom is 0.281 e. The van der Waals surface area contributed by atoms with Crippen molar-refractivity contribution in [3.05, 3.63) is 79.6 Å². The van der Waals surface area contributed by atoms with E-state index in [1.54, 1.807) is 17.6 Å². The van der Waals surface area contributed by atoms with E-state index in [9.17, 15) is 4.79 Å². The van der Waals surface area contributed by atoms with Crippen molar-refractivity contribution in [1.82, 2.24) is 4.98 Å². The standard InChI is InChI=1S/C20H14IN3OS2/c1-13-8-9-17-18(11-13)27-20(23-17)24(22-12-14-5-4-10-26-14)19(25)15-6-2-3-7-16(15)21/h2-12H,1H3/b22-12+. The average molecular weight is 503 g/mol. The van der Waals surface area contributed by atoms with Crippen LogP contribution in [0.5, 0.6) is 0 Å². The van der Waals surface area contributed by atoms with Crippen LogP contribution in [0.25, 0.3) is 10.2 Å². The number of rotatable bonds is 4. The molecule has 2 heterocycles. The molecular formula is C20H14IN3OS2. The van der Waals surface area contributed by atoms with Gasteiger partial charge in [0.15, 0.2) is 0 Å². The van der Waals surface area contributed by atoms with Gasteiger partial charge in [-0.1, -0.05) is 35.6 Å². The van der Waals surface area contributed by atoms with Gasteiger partial charge in [-0.3, -0.25) is 4.79 Å². The van der Waals surface area contributed by atoms with Crippen molar-refractivity contribution < 1.29 is 4.79 Å². The predicted molar refractivity (Wildman–Crippen MR) is 122 cm³/mol. The first-order valence-corrected chi connectivity index (χ1v) is 10.9. The molecule has 2 aromatic carbocycles. The van der Waals surface area contributed by atoms with Crippen LogP contribution in [0.1, 0.15) is 20.8 Å². The molecule has 0 aliphatic heterocycles. The Morgan fingerprint density at radius 1 is 1.19 bits per heavy atom. The highest BCUT2D eigenvalue weighted by atomic mass is 127. The van der Waals surface area contributed by atoms with E-state index in [1.807, 2.05) is 60.8 Å². The Bertz CT molecular complexity index is 1140. The molecule has 0 fully saturated rings. The van der Waals surface area contributed by atoms with Gasteiger partial charge in [-0.2, -0.15) is 10.1 Å². The number of benzene rings is 2. The summed E-state index contributed by atoms with van der Waals surface area (Å²) in [4.78, 5) is 18.9. The van der Waals surface area contributed by atoms with Gasteiger partial charge in [0.1, 0.15) is 0 Å². The largest absolute Gasteiger partial charge is 0.281 e. The van der Waals surface area contributed by atoms with Crippen molar-refractivity contribution in [2.24, 2.45) is 5.10 Å². The monoisotopic (exact) mass is 503 g/mol. The molecule has 4 nitrogen and oxygen atoms in total. The number of carbonyl (C=O) groups is 1. The number of hydrazone groups is 1. The van der Waals surface area contributed by atoms with Crippen LogP contribution in [0.4, 0.5) is 5.13 Å². The maximum absolute atomic E-state index is 13.2. The lowest BCUT2D eigenvalue weighted by Gasteiger charge is -2.14. The van der Waals surface area contributed by atoms with Crippen LogP contribution in [-0.2, 0) is 0 Å². The number of fused-ring (bicyclic) bond motifs is 1. The van der Waals surface area contributed by atoms with Crippen LogP contribution in [0.15, 0.2) is 65.1 Å². The van der Waals surface area contributed by atoms with Gasteiger partial charge < -0.3 is 0 Å². The summed E-state index contributed by atoms with van der Waals surface area (Å²) < 4.78 is 1.92. The van der Waals surface area contributed by atoms with Crippen molar-refractivity contribution in [2.45, 2.75) is 6.92 Å². The molecule has 0 N–H and O–H groups in total. The fourth-order valence-corrected chi connectivity index (χ4v) is 4.74. The number of thiophene rings is 1. The van der Waals surface area contributed by atoms with Crippen LogP contribution >= 0.6 is 45.3 Å². The van der Waals surface area contributed by atoms with Gasteiger partial charge in [0.25, 0.3) is 5.91 Å². The minimum absolute atomic E-state index is 0.191. The molecule has 2 aromatic heterocycles. The van der Waals surface area contributed by atoms with Crippen molar-refractivity contribution in [3.8, 4) is 0 Å². The molecule has 4 rings (SSSR count). The zero-order valence-corrected chi connectivity index (χ0v) is 18.1. The lowest BCUT2D eigenvalue weighted by atomic mass is 10.2. The van der Waals surface area contributed by atoms with E-state index in [-0.39, 0.29) is 5.91 Å². The fourth-order valence-electron chi connectivity index (χ4n) is 2.53. The van der Waals surface area contributed by atoms with E-state index < -0.39 is 0 Å². The zero-order chi connectivity index (χ0) is 18.8. The molecule has 7 heteroatoms. The Balaban J connectivity index is 1.79. The first kappa shape index (κ1) is 18.3. The molecule has 134 valence electrons. The smallest absolute Gasteiger partial charge is 0.267 e. The van der Waals surface area contributed by atoms with Gasteiger partial charge in [0.2, 0.25) is 5.13 Å². The van der Waals surface area contributed by atoms with Crippen LogP contribution in [0.2, 0.25) is 0 Å². The van der Waals surface area contributed by atoms with E-state index in [1.165, 1.54) is 16.3 Å². The number of hydrogen-bond donors (Lipinski definition) is 0. The average Bonchev–Trinajstić information content (AvgIpc) is 3.31. The van der Waals surface area contributed by atoms with Crippen LogP contribution in [0.3, 0.4) is 0 Å². The topological polar surface area (TPSA) is 45.6 Å². The Hall–Kier alpha value is -2.10. The molecule has 0 spiro atoms. The van der Waals surface area contributed by atoms with Crippen molar-refractivity contribution in [3.63, 3.8) is 0 Å². The number of aromatic nitrogens is 1. The second-order valence-electron chi connectivity index (χ2n) is 5.82. The predicted octanol–water partition coefficient (Wildman–Crippen LogP) is 5.95. The Morgan fingerprint density at radius 2 is 2.04 bits per heavy atom. The van der Waals surface area contributed by atoms with Gasteiger partial charge in [0, 0.05) is 8.45 Å². The van der Waals surface area contributed by atoms with Gasteiger partial charge in [-0.25, -0.2) is 4.98 Å². The summed E-state index contributed by atoms with van der Waals surface area (Å²) in [5, 5.41) is 8.43. The summed E-state index contributed by atoms with van der Waals surface area (Å²) in [5.74, 6) is -0.191.